The summed E-state index contributed by atoms with van der Waals surface area (Å²) in [5.74, 6) is -0.488. The van der Waals surface area contributed by atoms with Crippen molar-refractivity contribution >= 4 is 27.3 Å². The van der Waals surface area contributed by atoms with E-state index < -0.39 is 27.4 Å². The Hall–Kier alpha value is -2.98. The average molecular weight is 419 g/mol. The van der Waals surface area contributed by atoms with E-state index in [9.17, 15) is 23.3 Å². The summed E-state index contributed by atoms with van der Waals surface area (Å²) in [6.07, 6.45) is 1.70. The second-order valence-electron chi connectivity index (χ2n) is 6.54. The zero-order chi connectivity index (χ0) is 20.9. The number of nitro benzene ring substituents is 1. The Labute approximate surface area is 168 Å². The van der Waals surface area contributed by atoms with Crippen LogP contribution in [0.15, 0.2) is 59.5 Å². The van der Waals surface area contributed by atoms with E-state index in [0.717, 1.165) is 17.1 Å². The maximum atomic E-state index is 13.1. The van der Waals surface area contributed by atoms with Crippen molar-refractivity contribution in [3.05, 3.63) is 64.7 Å². The monoisotopic (exact) mass is 419 g/mol. The van der Waals surface area contributed by atoms with Gasteiger partial charge in [-0.2, -0.15) is 0 Å². The van der Waals surface area contributed by atoms with Gasteiger partial charge in [-0.15, -0.1) is 0 Å². The van der Waals surface area contributed by atoms with Gasteiger partial charge in [0.15, 0.2) is 0 Å². The predicted molar refractivity (Wildman–Crippen MR) is 106 cm³/mol. The Kier molecular flexibility index (Phi) is 6.45. The molecule has 10 heteroatoms. The fourth-order valence-corrected chi connectivity index (χ4v) is 4.44. The molecular weight excluding hydrogens is 398 g/mol. The molecule has 29 heavy (non-hydrogen) atoms. The van der Waals surface area contributed by atoms with Crippen LogP contribution in [-0.2, 0) is 19.6 Å². The molecule has 2 aromatic rings. The van der Waals surface area contributed by atoms with Crippen LogP contribution in [0.5, 0.6) is 0 Å². The number of carbonyl (C=O) groups excluding carboxylic acids is 1. The van der Waals surface area contributed by atoms with Crippen molar-refractivity contribution in [3.8, 4) is 0 Å². The quantitative estimate of drug-likeness (QED) is 0.517. The van der Waals surface area contributed by atoms with Gasteiger partial charge >= 0.3 is 0 Å². The number of nitro groups is 1. The van der Waals surface area contributed by atoms with Gasteiger partial charge in [0, 0.05) is 25.3 Å². The number of nitrogens with zero attached hydrogens (tertiary/aromatic N) is 2. The summed E-state index contributed by atoms with van der Waals surface area (Å²) < 4.78 is 32.7. The lowest BCUT2D eigenvalue weighted by Crippen LogP contribution is -2.42. The Morgan fingerprint density at radius 2 is 1.86 bits per heavy atom. The van der Waals surface area contributed by atoms with E-state index in [4.69, 9.17) is 4.74 Å². The molecule has 0 saturated carbocycles. The molecule has 1 saturated heterocycles. The molecule has 2 aromatic carbocycles. The number of anilines is 1. The summed E-state index contributed by atoms with van der Waals surface area (Å²) in [5, 5.41) is 13.6. The molecular formula is C19H21N3O6S. The lowest BCUT2D eigenvalue weighted by atomic mass is 10.2. The van der Waals surface area contributed by atoms with Crippen LogP contribution in [-0.4, -0.2) is 45.0 Å². The second kappa shape index (κ2) is 9.01. The van der Waals surface area contributed by atoms with Gasteiger partial charge in [0.1, 0.15) is 6.54 Å². The summed E-state index contributed by atoms with van der Waals surface area (Å²) in [7, 11) is -4.05. The third-order valence-electron chi connectivity index (χ3n) is 4.52. The number of hydrogen-bond acceptors (Lipinski definition) is 6. The standard InChI is InChI=1S/C19H21N3O6S/c23-19(20-13-17-5-4-12-28-17)14-21(15-8-10-16(11-9-15)22(24)25)29(26,27)18-6-2-1-3-7-18/h1-3,6-11,17H,4-5,12-14H2,(H,20,23)/t17-/m1/s1. The van der Waals surface area contributed by atoms with Crippen LogP contribution in [0, 0.1) is 10.1 Å². The molecule has 1 aliphatic heterocycles. The average Bonchev–Trinajstić information content (AvgIpc) is 3.25. The van der Waals surface area contributed by atoms with Crippen LogP contribution in [0.4, 0.5) is 11.4 Å². The molecule has 0 unspecified atom stereocenters. The molecule has 1 fully saturated rings. The number of carbonyl (C=O) groups is 1. The van der Waals surface area contributed by atoms with Gasteiger partial charge in [-0.1, -0.05) is 18.2 Å². The fourth-order valence-electron chi connectivity index (χ4n) is 2.99. The van der Waals surface area contributed by atoms with Crippen molar-refractivity contribution in [2.75, 3.05) is 24.0 Å². The van der Waals surface area contributed by atoms with Crippen molar-refractivity contribution in [1.29, 1.82) is 0 Å². The fraction of sp³-hybridized carbons (Fsp3) is 0.316. The third-order valence-corrected chi connectivity index (χ3v) is 6.31. The minimum atomic E-state index is -4.05. The number of nitrogens with one attached hydrogen (secondary N) is 1. The molecule has 1 N–H and O–H groups in total. The lowest BCUT2D eigenvalue weighted by molar-refractivity contribution is -0.384. The predicted octanol–water partition coefficient (Wildman–Crippen LogP) is 2.09. The highest BCUT2D eigenvalue weighted by Gasteiger charge is 2.28. The van der Waals surface area contributed by atoms with Crippen molar-refractivity contribution in [2.45, 2.75) is 23.8 Å². The topological polar surface area (TPSA) is 119 Å². The van der Waals surface area contributed by atoms with Gasteiger partial charge in [-0.25, -0.2) is 8.42 Å². The largest absolute Gasteiger partial charge is 0.376 e. The van der Waals surface area contributed by atoms with Gasteiger partial charge in [-0.3, -0.25) is 19.2 Å². The van der Waals surface area contributed by atoms with E-state index in [1.54, 1.807) is 18.2 Å². The van der Waals surface area contributed by atoms with Crippen molar-refractivity contribution < 1.29 is 22.9 Å². The molecule has 9 nitrogen and oxygen atoms in total. The van der Waals surface area contributed by atoms with Crippen LogP contribution in [0.3, 0.4) is 0 Å². The number of benzene rings is 2. The van der Waals surface area contributed by atoms with Crippen LogP contribution >= 0.6 is 0 Å². The van der Waals surface area contributed by atoms with Gasteiger partial charge in [0.2, 0.25) is 5.91 Å². The second-order valence-corrected chi connectivity index (χ2v) is 8.40. The van der Waals surface area contributed by atoms with Gasteiger partial charge in [-0.05, 0) is 37.1 Å². The molecule has 1 amide bonds. The molecule has 0 bridgehead atoms. The van der Waals surface area contributed by atoms with E-state index in [2.05, 4.69) is 5.32 Å². The van der Waals surface area contributed by atoms with Gasteiger partial charge < -0.3 is 10.1 Å². The van der Waals surface area contributed by atoms with Crippen molar-refractivity contribution in [1.82, 2.24) is 5.32 Å². The molecule has 0 aromatic heterocycles. The Balaban J connectivity index is 1.84. The minimum absolute atomic E-state index is 0.0188. The zero-order valence-electron chi connectivity index (χ0n) is 15.6. The Morgan fingerprint density at radius 3 is 2.45 bits per heavy atom. The normalized spacial score (nSPS) is 16.3. The Bertz CT molecular complexity index is 957. The van der Waals surface area contributed by atoms with E-state index in [-0.39, 0.29) is 22.4 Å². The van der Waals surface area contributed by atoms with Crippen LogP contribution in [0.2, 0.25) is 0 Å². The highest BCUT2D eigenvalue weighted by molar-refractivity contribution is 7.92. The summed E-state index contributed by atoms with van der Waals surface area (Å²) in [5.41, 5.74) is -0.0136. The molecule has 0 aliphatic carbocycles. The Morgan fingerprint density at radius 1 is 1.17 bits per heavy atom. The van der Waals surface area contributed by atoms with Crippen molar-refractivity contribution in [2.24, 2.45) is 0 Å². The van der Waals surface area contributed by atoms with Crippen LogP contribution < -0.4 is 9.62 Å². The molecule has 3 rings (SSSR count). The maximum Gasteiger partial charge on any atom is 0.269 e. The van der Waals surface area contributed by atoms with Gasteiger partial charge in [0.05, 0.1) is 21.6 Å². The molecule has 0 spiro atoms. The third kappa shape index (κ3) is 5.09. The van der Waals surface area contributed by atoms with Crippen LogP contribution in [0.1, 0.15) is 12.8 Å². The molecule has 1 aliphatic rings. The molecule has 1 atom stereocenters. The summed E-state index contributed by atoms with van der Waals surface area (Å²) in [6, 6.07) is 12.7. The highest BCUT2D eigenvalue weighted by atomic mass is 32.2. The van der Waals surface area contributed by atoms with E-state index in [0.29, 0.717) is 13.2 Å². The first-order chi connectivity index (χ1) is 13.9. The number of amides is 1. The lowest BCUT2D eigenvalue weighted by Gasteiger charge is -2.24. The molecule has 1 heterocycles. The van der Waals surface area contributed by atoms with E-state index in [1.807, 2.05) is 0 Å². The zero-order valence-corrected chi connectivity index (χ0v) is 16.4. The maximum absolute atomic E-state index is 13.1. The first-order valence-electron chi connectivity index (χ1n) is 9.08. The number of non-ortho nitro benzene ring substituents is 1. The first kappa shape index (κ1) is 20.7. The number of ether oxygens (including phenoxy) is 1. The van der Waals surface area contributed by atoms with Gasteiger partial charge in [0.25, 0.3) is 15.7 Å². The smallest absolute Gasteiger partial charge is 0.269 e. The van der Waals surface area contributed by atoms with Crippen LogP contribution in [0.25, 0.3) is 0 Å². The van der Waals surface area contributed by atoms with Crippen molar-refractivity contribution in [3.63, 3.8) is 0 Å². The highest BCUT2D eigenvalue weighted by Crippen LogP contribution is 2.25. The molecule has 0 radical (unpaired) electrons. The number of hydrogen-bond donors (Lipinski definition) is 1. The number of rotatable bonds is 8. The molecule has 154 valence electrons. The first-order valence-corrected chi connectivity index (χ1v) is 10.5. The van der Waals surface area contributed by atoms with E-state index in [1.165, 1.54) is 36.4 Å². The summed E-state index contributed by atoms with van der Waals surface area (Å²) in [4.78, 5) is 22.8. The summed E-state index contributed by atoms with van der Waals surface area (Å²) >= 11 is 0. The van der Waals surface area contributed by atoms with E-state index >= 15 is 0 Å². The number of sulfonamides is 1. The minimum Gasteiger partial charge on any atom is -0.376 e. The SMILES string of the molecule is O=C(CN(c1ccc([N+](=O)[O-])cc1)S(=O)(=O)c1ccccc1)NC[C@H]1CCCO1. The summed E-state index contributed by atoms with van der Waals surface area (Å²) in [6.45, 7) is 0.498.